The molecule has 0 saturated heterocycles. The summed E-state index contributed by atoms with van der Waals surface area (Å²) in [6.07, 6.45) is 6.13. The second-order valence-corrected chi connectivity index (χ2v) is 7.73. The van der Waals surface area contributed by atoms with Gasteiger partial charge in [0.05, 0.1) is 11.9 Å². The van der Waals surface area contributed by atoms with E-state index in [-0.39, 0.29) is 18.0 Å². The fraction of sp³-hybridized carbons (Fsp3) is 0.217. The van der Waals surface area contributed by atoms with Gasteiger partial charge in [-0.05, 0) is 54.8 Å². The third-order valence-electron chi connectivity index (χ3n) is 5.00. The van der Waals surface area contributed by atoms with Crippen LogP contribution in [0.4, 0.5) is 5.69 Å². The molecule has 2 heterocycles. The lowest BCUT2D eigenvalue weighted by Gasteiger charge is -2.08. The Morgan fingerprint density at radius 3 is 2.55 bits per heavy atom. The number of halogens is 1. The molecule has 8 heteroatoms. The van der Waals surface area contributed by atoms with Crippen molar-refractivity contribution in [2.45, 2.75) is 32.7 Å². The van der Waals surface area contributed by atoms with E-state index in [2.05, 4.69) is 22.3 Å². The highest BCUT2D eigenvalue weighted by Gasteiger charge is 2.13. The summed E-state index contributed by atoms with van der Waals surface area (Å²) < 4.78 is 2.85. The number of anilines is 1. The van der Waals surface area contributed by atoms with Crippen LogP contribution in [0.2, 0.25) is 5.02 Å². The lowest BCUT2D eigenvalue weighted by molar-refractivity contribution is -0.116. The van der Waals surface area contributed by atoms with Gasteiger partial charge in [0.1, 0.15) is 18.3 Å². The zero-order valence-electron chi connectivity index (χ0n) is 17.1. The molecule has 2 aromatic carbocycles. The first kappa shape index (κ1) is 20.8. The number of nitrogens with zero attached hydrogens (tertiary/aromatic N) is 4. The molecule has 31 heavy (non-hydrogen) atoms. The van der Waals surface area contributed by atoms with Gasteiger partial charge in [-0.15, -0.1) is 0 Å². The molecule has 158 valence electrons. The Morgan fingerprint density at radius 2 is 1.84 bits per heavy atom. The molecule has 0 aliphatic carbocycles. The molecule has 0 bridgehead atoms. The first-order valence-electron chi connectivity index (χ1n) is 10.1. The predicted octanol–water partition coefficient (Wildman–Crippen LogP) is 4.22. The molecule has 7 nitrogen and oxygen atoms in total. The number of benzene rings is 2. The van der Waals surface area contributed by atoms with E-state index in [1.54, 1.807) is 28.9 Å². The zero-order valence-corrected chi connectivity index (χ0v) is 17.8. The van der Waals surface area contributed by atoms with Crippen molar-refractivity contribution in [2.24, 2.45) is 0 Å². The van der Waals surface area contributed by atoms with Crippen LogP contribution in [0, 0.1) is 0 Å². The Bertz CT molecular complexity index is 1260. The minimum Gasteiger partial charge on any atom is -0.325 e. The number of unbranched alkanes of at least 4 members (excludes halogenated alkanes) is 1. The summed E-state index contributed by atoms with van der Waals surface area (Å²) >= 11 is 5.94. The quantitative estimate of drug-likeness (QED) is 0.471. The molecule has 1 amide bonds. The number of carbonyl (C=O) groups is 1. The van der Waals surface area contributed by atoms with Crippen LogP contribution in [0.5, 0.6) is 0 Å². The SMILES string of the molecule is CCCCc1ccc(NC(=O)Cn2cnc3c(cnn3-c3ccc(Cl)cc3)c2=O)cc1. The lowest BCUT2D eigenvalue weighted by Crippen LogP contribution is -2.27. The molecule has 0 saturated carbocycles. The highest BCUT2D eigenvalue weighted by molar-refractivity contribution is 6.30. The van der Waals surface area contributed by atoms with E-state index in [1.165, 1.54) is 22.7 Å². The monoisotopic (exact) mass is 435 g/mol. The summed E-state index contributed by atoms with van der Waals surface area (Å²) in [4.78, 5) is 29.6. The van der Waals surface area contributed by atoms with Gasteiger partial charge in [-0.2, -0.15) is 5.10 Å². The van der Waals surface area contributed by atoms with E-state index in [1.807, 2.05) is 24.3 Å². The number of fused-ring (bicyclic) bond motifs is 1. The van der Waals surface area contributed by atoms with Gasteiger partial charge >= 0.3 is 0 Å². The van der Waals surface area contributed by atoms with Crippen molar-refractivity contribution in [2.75, 3.05) is 5.32 Å². The van der Waals surface area contributed by atoms with Crippen LogP contribution in [0.15, 0.2) is 65.8 Å². The average Bonchev–Trinajstić information content (AvgIpc) is 3.21. The third kappa shape index (κ3) is 4.67. The molecule has 1 N–H and O–H groups in total. The fourth-order valence-electron chi connectivity index (χ4n) is 3.32. The van der Waals surface area contributed by atoms with Crippen molar-refractivity contribution in [3.05, 3.63) is 82.0 Å². The van der Waals surface area contributed by atoms with Crippen molar-refractivity contribution in [1.29, 1.82) is 0 Å². The topological polar surface area (TPSA) is 81.8 Å². The number of aryl methyl sites for hydroxylation is 1. The second kappa shape index (κ2) is 9.14. The van der Waals surface area contributed by atoms with Gasteiger partial charge < -0.3 is 5.32 Å². The number of hydrogen-bond donors (Lipinski definition) is 1. The van der Waals surface area contributed by atoms with Gasteiger partial charge in [0, 0.05) is 10.7 Å². The Balaban J connectivity index is 1.49. The summed E-state index contributed by atoms with van der Waals surface area (Å²) in [5.74, 6) is -0.297. The van der Waals surface area contributed by atoms with E-state index in [9.17, 15) is 9.59 Å². The van der Waals surface area contributed by atoms with Crippen LogP contribution >= 0.6 is 11.6 Å². The largest absolute Gasteiger partial charge is 0.325 e. The van der Waals surface area contributed by atoms with E-state index in [0.717, 1.165) is 24.9 Å². The fourth-order valence-corrected chi connectivity index (χ4v) is 3.45. The van der Waals surface area contributed by atoms with Gasteiger partial charge in [-0.25, -0.2) is 9.67 Å². The molecular weight excluding hydrogens is 414 g/mol. The Labute approximate surface area is 184 Å². The van der Waals surface area contributed by atoms with Crippen LogP contribution in [0.3, 0.4) is 0 Å². The van der Waals surface area contributed by atoms with Crippen molar-refractivity contribution in [3.63, 3.8) is 0 Å². The Morgan fingerprint density at radius 1 is 1.10 bits per heavy atom. The highest BCUT2D eigenvalue weighted by atomic mass is 35.5. The molecule has 0 unspecified atom stereocenters. The van der Waals surface area contributed by atoms with E-state index in [4.69, 9.17) is 11.6 Å². The van der Waals surface area contributed by atoms with Crippen LogP contribution in [-0.4, -0.2) is 25.2 Å². The summed E-state index contributed by atoms with van der Waals surface area (Å²) in [5.41, 5.74) is 2.78. The minimum atomic E-state index is -0.324. The van der Waals surface area contributed by atoms with Crippen molar-refractivity contribution >= 4 is 34.2 Å². The number of amides is 1. The standard InChI is InChI=1S/C23H22ClN5O2/c1-2-3-4-16-5-9-18(10-6-16)27-21(30)14-28-15-25-22-20(23(28)31)13-26-29(22)19-11-7-17(24)8-12-19/h5-13,15H,2-4,14H2,1H3,(H,27,30). The summed E-state index contributed by atoms with van der Waals surface area (Å²) in [7, 11) is 0. The number of nitrogens with one attached hydrogen (secondary N) is 1. The van der Waals surface area contributed by atoms with Gasteiger partial charge in [-0.1, -0.05) is 37.1 Å². The maximum atomic E-state index is 12.8. The number of hydrogen-bond acceptors (Lipinski definition) is 4. The average molecular weight is 436 g/mol. The lowest BCUT2D eigenvalue weighted by atomic mass is 10.1. The molecule has 0 atom stereocenters. The van der Waals surface area contributed by atoms with Crippen LogP contribution in [0.25, 0.3) is 16.7 Å². The van der Waals surface area contributed by atoms with Crippen LogP contribution < -0.4 is 10.9 Å². The maximum Gasteiger partial charge on any atom is 0.264 e. The number of aromatic nitrogens is 4. The molecule has 0 radical (unpaired) electrons. The minimum absolute atomic E-state index is 0.133. The highest BCUT2D eigenvalue weighted by Crippen LogP contribution is 2.16. The first-order valence-corrected chi connectivity index (χ1v) is 10.5. The Hall–Kier alpha value is -3.45. The molecule has 0 spiro atoms. The Kier molecular flexibility index (Phi) is 6.13. The third-order valence-corrected chi connectivity index (χ3v) is 5.25. The predicted molar refractivity (Wildman–Crippen MR) is 122 cm³/mol. The summed E-state index contributed by atoms with van der Waals surface area (Å²) in [5, 5.41) is 8.04. The molecule has 0 fully saturated rings. The van der Waals surface area contributed by atoms with E-state index in [0.29, 0.717) is 21.7 Å². The van der Waals surface area contributed by atoms with Gasteiger partial charge in [0.25, 0.3) is 5.56 Å². The normalized spacial score (nSPS) is 11.0. The van der Waals surface area contributed by atoms with Gasteiger partial charge in [0.2, 0.25) is 5.91 Å². The molecule has 4 rings (SSSR count). The number of carbonyl (C=O) groups excluding carboxylic acids is 1. The molecule has 4 aromatic rings. The maximum absolute atomic E-state index is 12.8. The van der Waals surface area contributed by atoms with Crippen molar-refractivity contribution < 1.29 is 4.79 Å². The number of rotatable bonds is 7. The van der Waals surface area contributed by atoms with Crippen LogP contribution in [0.1, 0.15) is 25.3 Å². The molecule has 2 aromatic heterocycles. The van der Waals surface area contributed by atoms with E-state index < -0.39 is 0 Å². The second-order valence-electron chi connectivity index (χ2n) is 7.30. The molecule has 0 aliphatic rings. The molecule has 0 aliphatic heterocycles. The smallest absolute Gasteiger partial charge is 0.264 e. The first-order chi connectivity index (χ1) is 15.0. The van der Waals surface area contributed by atoms with Gasteiger partial charge in [-0.3, -0.25) is 14.2 Å². The van der Waals surface area contributed by atoms with Gasteiger partial charge in [0.15, 0.2) is 5.65 Å². The molecular formula is C23H22ClN5O2. The van der Waals surface area contributed by atoms with E-state index >= 15 is 0 Å². The summed E-state index contributed by atoms with van der Waals surface area (Å²) in [6, 6.07) is 14.9. The summed E-state index contributed by atoms with van der Waals surface area (Å²) in [6.45, 7) is 2.02. The van der Waals surface area contributed by atoms with Crippen molar-refractivity contribution in [1.82, 2.24) is 19.3 Å². The zero-order chi connectivity index (χ0) is 21.8. The van der Waals surface area contributed by atoms with Crippen molar-refractivity contribution in [3.8, 4) is 5.69 Å². The van der Waals surface area contributed by atoms with Crippen LogP contribution in [-0.2, 0) is 17.8 Å².